The molecule has 6 heteroatoms. The lowest BCUT2D eigenvalue weighted by Gasteiger charge is -2.36. The van der Waals surface area contributed by atoms with Crippen LogP contribution >= 0.6 is 0 Å². The van der Waals surface area contributed by atoms with Gasteiger partial charge >= 0.3 is 0 Å². The molecule has 1 aromatic carbocycles. The highest BCUT2D eigenvalue weighted by molar-refractivity contribution is 5.92. The second-order valence-corrected chi connectivity index (χ2v) is 8.11. The van der Waals surface area contributed by atoms with Crippen LogP contribution in [-0.4, -0.2) is 46.4 Å². The third-order valence-electron chi connectivity index (χ3n) is 5.89. The van der Waals surface area contributed by atoms with Crippen LogP contribution in [0, 0.1) is 5.92 Å². The first-order chi connectivity index (χ1) is 13.5. The Hall–Kier alpha value is -2.63. The van der Waals surface area contributed by atoms with E-state index >= 15 is 0 Å². The number of carbonyl (C=O) groups is 2. The van der Waals surface area contributed by atoms with Crippen molar-refractivity contribution in [3.05, 3.63) is 52.9 Å². The van der Waals surface area contributed by atoms with Gasteiger partial charge in [0, 0.05) is 44.1 Å². The molecule has 0 bridgehead atoms. The van der Waals surface area contributed by atoms with E-state index in [0.29, 0.717) is 38.2 Å². The highest BCUT2D eigenvalue weighted by Gasteiger charge is 2.32. The normalized spacial score (nSPS) is 17.7. The van der Waals surface area contributed by atoms with Crippen molar-refractivity contribution in [1.29, 1.82) is 0 Å². The maximum atomic E-state index is 13.0. The molecule has 1 saturated heterocycles. The van der Waals surface area contributed by atoms with Crippen LogP contribution in [0.3, 0.4) is 0 Å². The summed E-state index contributed by atoms with van der Waals surface area (Å²) in [5.41, 5.74) is 2.96. The summed E-state index contributed by atoms with van der Waals surface area (Å²) in [5.74, 6) is 1.04. The quantitative estimate of drug-likeness (QED) is 0.819. The standard InChI is InChI=1S/C22H27N3O3/c1-15(2)20-13-19(23-28-20)22(27)24-10-8-17(9-11-24)21(26)25-12-7-16-5-3-4-6-18(16)14-25/h3-6,13,15,17H,7-12,14H2,1-2H3. The summed E-state index contributed by atoms with van der Waals surface area (Å²) >= 11 is 0. The first-order valence-corrected chi connectivity index (χ1v) is 10.1. The maximum Gasteiger partial charge on any atom is 0.276 e. The molecule has 0 aliphatic carbocycles. The number of amides is 2. The Kier molecular flexibility index (Phi) is 5.20. The van der Waals surface area contributed by atoms with E-state index in [9.17, 15) is 9.59 Å². The molecule has 1 fully saturated rings. The van der Waals surface area contributed by atoms with Crippen molar-refractivity contribution >= 4 is 11.8 Å². The number of hydrogen-bond acceptors (Lipinski definition) is 4. The second kappa shape index (κ2) is 7.78. The molecular formula is C22H27N3O3. The summed E-state index contributed by atoms with van der Waals surface area (Å²) in [4.78, 5) is 29.4. The number of hydrogen-bond donors (Lipinski definition) is 0. The minimum absolute atomic E-state index is 0.00199. The summed E-state index contributed by atoms with van der Waals surface area (Å²) in [6, 6.07) is 10.1. The van der Waals surface area contributed by atoms with Crippen molar-refractivity contribution in [3.8, 4) is 0 Å². The predicted octanol–water partition coefficient (Wildman–Crippen LogP) is 3.24. The van der Waals surface area contributed by atoms with Gasteiger partial charge in [0.05, 0.1) is 0 Å². The second-order valence-electron chi connectivity index (χ2n) is 8.11. The topological polar surface area (TPSA) is 66.7 Å². The number of benzene rings is 1. The smallest absolute Gasteiger partial charge is 0.276 e. The summed E-state index contributed by atoms with van der Waals surface area (Å²) < 4.78 is 5.25. The van der Waals surface area contributed by atoms with Gasteiger partial charge in [-0.05, 0) is 30.4 Å². The van der Waals surface area contributed by atoms with E-state index in [1.807, 2.05) is 24.8 Å². The van der Waals surface area contributed by atoms with Crippen LogP contribution < -0.4 is 0 Å². The molecule has 2 aromatic rings. The summed E-state index contributed by atoms with van der Waals surface area (Å²) in [6.45, 7) is 6.67. The van der Waals surface area contributed by atoms with Crippen LogP contribution in [0.25, 0.3) is 0 Å². The third-order valence-corrected chi connectivity index (χ3v) is 5.89. The van der Waals surface area contributed by atoms with E-state index in [1.165, 1.54) is 11.1 Å². The molecule has 2 aliphatic rings. The van der Waals surface area contributed by atoms with Crippen LogP contribution in [0.1, 0.15) is 60.0 Å². The fourth-order valence-electron chi connectivity index (χ4n) is 4.10. The zero-order valence-corrected chi connectivity index (χ0v) is 16.6. The molecule has 0 saturated carbocycles. The van der Waals surface area contributed by atoms with Crippen molar-refractivity contribution in [3.63, 3.8) is 0 Å². The van der Waals surface area contributed by atoms with Crippen LogP contribution in [0.4, 0.5) is 0 Å². The molecule has 2 amide bonds. The number of aromatic nitrogens is 1. The van der Waals surface area contributed by atoms with Gasteiger partial charge in [-0.15, -0.1) is 0 Å². The van der Waals surface area contributed by atoms with Gasteiger partial charge in [0.2, 0.25) is 5.91 Å². The highest BCUT2D eigenvalue weighted by atomic mass is 16.5. The number of nitrogens with zero attached hydrogens (tertiary/aromatic N) is 3. The molecule has 0 N–H and O–H groups in total. The summed E-state index contributed by atoms with van der Waals surface area (Å²) in [5, 5.41) is 3.92. The third kappa shape index (κ3) is 3.68. The number of fused-ring (bicyclic) bond motifs is 1. The lowest BCUT2D eigenvalue weighted by Crippen LogP contribution is -2.45. The Labute approximate surface area is 165 Å². The largest absolute Gasteiger partial charge is 0.360 e. The number of rotatable bonds is 3. The number of carbonyl (C=O) groups excluding carboxylic acids is 2. The van der Waals surface area contributed by atoms with E-state index in [-0.39, 0.29) is 23.7 Å². The Balaban J connectivity index is 1.33. The van der Waals surface area contributed by atoms with Gasteiger partial charge in [-0.2, -0.15) is 0 Å². The molecule has 3 heterocycles. The molecule has 0 radical (unpaired) electrons. The Bertz CT molecular complexity index is 865. The van der Waals surface area contributed by atoms with E-state index in [4.69, 9.17) is 4.52 Å². The monoisotopic (exact) mass is 381 g/mol. The average Bonchev–Trinajstić information content (AvgIpc) is 3.23. The molecule has 4 rings (SSSR count). The van der Waals surface area contributed by atoms with Gasteiger partial charge in [-0.3, -0.25) is 9.59 Å². The molecular weight excluding hydrogens is 354 g/mol. The zero-order chi connectivity index (χ0) is 19.7. The highest BCUT2D eigenvalue weighted by Crippen LogP contribution is 2.25. The fourth-order valence-corrected chi connectivity index (χ4v) is 4.10. The van der Waals surface area contributed by atoms with Crippen LogP contribution in [-0.2, 0) is 17.8 Å². The van der Waals surface area contributed by atoms with Crippen LogP contribution in [0.5, 0.6) is 0 Å². The van der Waals surface area contributed by atoms with Crippen molar-refractivity contribution in [2.24, 2.45) is 5.92 Å². The predicted molar refractivity (Wildman–Crippen MR) is 105 cm³/mol. The Morgan fingerprint density at radius 1 is 1.07 bits per heavy atom. The number of likely N-dealkylation sites (tertiary alicyclic amines) is 1. The molecule has 0 atom stereocenters. The minimum Gasteiger partial charge on any atom is -0.360 e. The number of piperidine rings is 1. The zero-order valence-electron chi connectivity index (χ0n) is 16.6. The molecule has 148 valence electrons. The first kappa shape index (κ1) is 18.7. The van der Waals surface area contributed by atoms with Gasteiger partial charge in [0.25, 0.3) is 5.91 Å². The average molecular weight is 381 g/mol. The SMILES string of the molecule is CC(C)c1cc(C(=O)N2CCC(C(=O)N3CCc4ccccc4C3)CC2)no1. The molecule has 2 aliphatic heterocycles. The first-order valence-electron chi connectivity index (χ1n) is 10.1. The molecule has 0 unspecified atom stereocenters. The Morgan fingerprint density at radius 2 is 1.79 bits per heavy atom. The summed E-state index contributed by atoms with van der Waals surface area (Å²) in [7, 11) is 0. The van der Waals surface area contributed by atoms with Crippen molar-refractivity contribution in [2.45, 2.75) is 45.6 Å². The molecule has 6 nitrogen and oxygen atoms in total. The summed E-state index contributed by atoms with van der Waals surface area (Å²) in [6.07, 6.45) is 2.33. The van der Waals surface area contributed by atoms with E-state index in [2.05, 4.69) is 23.4 Å². The fraction of sp³-hybridized carbons (Fsp3) is 0.500. The lowest BCUT2D eigenvalue weighted by molar-refractivity contribution is -0.137. The van der Waals surface area contributed by atoms with Gasteiger partial charge in [0.15, 0.2) is 5.69 Å². The van der Waals surface area contributed by atoms with E-state index in [0.717, 1.165) is 18.7 Å². The van der Waals surface area contributed by atoms with Crippen molar-refractivity contribution in [2.75, 3.05) is 19.6 Å². The minimum atomic E-state index is -0.103. The van der Waals surface area contributed by atoms with Gasteiger partial charge in [-0.25, -0.2) is 0 Å². The van der Waals surface area contributed by atoms with Gasteiger partial charge in [-0.1, -0.05) is 43.3 Å². The van der Waals surface area contributed by atoms with E-state index in [1.54, 1.807) is 11.0 Å². The van der Waals surface area contributed by atoms with Crippen molar-refractivity contribution in [1.82, 2.24) is 15.0 Å². The van der Waals surface area contributed by atoms with Gasteiger partial charge < -0.3 is 14.3 Å². The van der Waals surface area contributed by atoms with E-state index < -0.39 is 0 Å². The lowest BCUT2D eigenvalue weighted by atomic mass is 9.93. The van der Waals surface area contributed by atoms with Crippen molar-refractivity contribution < 1.29 is 14.1 Å². The molecule has 28 heavy (non-hydrogen) atoms. The Morgan fingerprint density at radius 3 is 2.46 bits per heavy atom. The maximum absolute atomic E-state index is 13.0. The molecule has 0 spiro atoms. The van der Waals surface area contributed by atoms with Crippen LogP contribution in [0.15, 0.2) is 34.9 Å². The van der Waals surface area contributed by atoms with Gasteiger partial charge in [0.1, 0.15) is 5.76 Å². The van der Waals surface area contributed by atoms with Crippen LogP contribution in [0.2, 0.25) is 0 Å². The molecule has 1 aromatic heterocycles.